The van der Waals surface area contributed by atoms with Crippen molar-refractivity contribution in [2.24, 2.45) is 0 Å². The number of nitrogens with one attached hydrogen (secondary N) is 1. The molecule has 0 amide bonds. The van der Waals surface area contributed by atoms with Crippen LogP contribution in [0.2, 0.25) is 0 Å². The minimum Gasteiger partial charge on any atom is -0.493 e. The van der Waals surface area contributed by atoms with Gasteiger partial charge in [-0.05, 0) is 30.7 Å². The maximum Gasteiger partial charge on any atom is 0.161 e. The Balaban J connectivity index is 3.02. The van der Waals surface area contributed by atoms with E-state index >= 15 is 0 Å². The first-order chi connectivity index (χ1) is 6.31. The van der Waals surface area contributed by atoms with Crippen molar-refractivity contribution in [3.05, 3.63) is 23.8 Å². The second kappa shape index (κ2) is 4.50. The summed E-state index contributed by atoms with van der Waals surface area (Å²) in [4.78, 5) is 0. The maximum absolute atomic E-state index is 7.08. The first-order valence-electron chi connectivity index (χ1n) is 4.13. The van der Waals surface area contributed by atoms with Crippen LogP contribution in [0.25, 0.3) is 0 Å². The van der Waals surface area contributed by atoms with Gasteiger partial charge in [-0.1, -0.05) is 0 Å². The van der Waals surface area contributed by atoms with Crippen LogP contribution in [-0.2, 0) is 0 Å². The minimum atomic E-state index is 0.595. The van der Waals surface area contributed by atoms with E-state index in [0.717, 1.165) is 5.56 Å². The Bertz CT molecular complexity index is 297. The molecule has 1 aromatic carbocycles. The van der Waals surface area contributed by atoms with Crippen LogP contribution in [-0.4, -0.2) is 19.9 Å². The SMILES string of the molecule is CCOc1cc(C=N)ccc1OC. The summed E-state index contributed by atoms with van der Waals surface area (Å²) in [6.45, 7) is 2.51. The number of ether oxygens (including phenoxy) is 2. The van der Waals surface area contributed by atoms with Crippen molar-refractivity contribution < 1.29 is 9.47 Å². The molecule has 0 radical (unpaired) electrons. The molecule has 70 valence electrons. The van der Waals surface area contributed by atoms with Gasteiger partial charge in [-0.2, -0.15) is 0 Å². The van der Waals surface area contributed by atoms with Crippen LogP contribution in [0, 0.1) is 5.41 Å². The van der Waals surface area contributed by atoms with E-state index in [4.69, 9.17) is 14.9 Å². The molecule has 1 N–H and O–H groups in total. The number of methoxy groups -OCH3 is 1. The molecule has 0 spiro atoms. The topological polar surface area (TPSA) is 42.3 Å². The van der Waals surface area contributed by atoms with Gasteiger partial charge < -0.3 is 14.9 Å². The number of hydrogen-bond acceptors (Lipinski definition) is 3. The van der Waals surface area contributed by atoms with Crippen LogP contribution >= 0.6 is 0 Å². The molecule has 13 heavy (non-hydrogen) atoms. The molecule has 0 saturated carbocycles. The molecule has 0 fully saturated rings. The molecule has 0 atom stereocenters. The lowest BCUT2D eigenvalue weighted by Gasteiger charge is -2.09. The highest BCUT2D eigenvalue weighted by Crippen LogP contribution is 2.27. The van der Waals surface area contributed by atoms with E-state index in [1.54, 1.807) is 19.2 Å². The van der Waals surface area contributed by atoms with Gasteiger partial charge in [0.2, 0.25) is 0 Å². The number of hydrogen-bond donors (Lipinski definition) is 1. The van der Waals surface area contributed by atoms with Gasteiger partial charge in [0.25, 0.3) is 0 Å². The largest absolute Gasteiger partial charge is 0.493 e. The molecule has 1 rings (SSSR count). The summed E-state index contributed by atoms with van der Waals surface area (Å²) in [7, 11) is 1.60. The molecular formula is C10H13NO2. The van der Waals surface area contributed by atoms with E-state index in [9.17, 15) is 0 Å². The zero-order valence-electron chi connectivity index (χ0n) is 7.83. The second-order valence-corrected chi connectivity index (χ2v) is 2.49. The third-order valence-corrected chi connectivity index (χ3v) is 1.65. The summed E-state index contributed by atoms with van der Waals surface area (Å²) >= 11 is 0. The van der Waals surface area contributed by atoms with Crippen LogP contribution in [0.5, 0.6) is 11.5 Å². The van der Waals surface area contributed by atoms with Crippen LogP contribution in [0.4, 0.5) is 0 Å². The van der Waals surface area contributed by atoms with Gasteiger partial charge in [0.05, 0.1) is 13.7 Å². The lowest BCUT2D eigenvalue weighted by molar-refractivity contribution is 0.311. The molecule has 3 nitrogen and oxygen atoms in total. The molecule has 0 aliphatic rings. The van der Waals surface area contributed by atoms with Crippen molar-refractivity contribution >= 4 is 6.21 Å². The van der Waals surface area contributed by atoms with E-state index < -0.39 is 0 Å². The van der Waals surface area contributed by atoms with Gasteiger partial charge in [-0.25, -0.2) is 0 Å². The average Bonchev–Trinajstić information content (AvgIpc) is 2.18. The normalized spacial score (nSPS) is 9.38. The van der Waals surface area contributed by atoms with Gasteiger partial charge in [0.15, 0.2) is 11.5 Å². The molecule has 0 aromatic heterocycles. The smallest absolute Gasteiger partial charge is 0.161 e. The Hall–Kier alpha value is -1.51. The maximum atomic E-state index is 7.08. The summed E-state index contributed by atoms with van der Waals surface area (Å²) in [5.41, 5.74) is 0.809. The van der Waals surface area contributed by atoms with Crippen molar-refractivity contribution in [2.75, 3.05) is 13.7 Å². The monoisotopic (exact) mass is 179 g/mol. The van der Waals surface area contributed by atoms with Crippen LogP contribution in [0.1, 0.15) is 12.5 Å². The number of benzene rings is 1. The highest BCUT2D eigenvalue weighted by molar-refractivity contribution is 5.78. The Morgan fingerprint density at radius 1 is 1.38 bits per heavy atom. The van der Waals surface area contributed by atoms with Crippen molar-refractivity contribution in [2.45, 2.75) is 6.92 Å². The molecule has 0 bridgehead atoms. The lowest BCUT2D eigenvalue weighted by Crippen LogP contribution is -1.96. The summed E-state index contributed by atoms with van der Waals surface area (Å²) in [5.74, 6) is 1.39. The summed E-state index contributed by atoms with van der Waals surface area (Å²) in [6, 6.07) is 5.40. The Labute approximate surface area is 77.8 Å². The first-order valence-corrected chi connectivity index (χ1v) is 4.13. The van der Waals surface area contributed by atoms with Crippen LogP contribution < -0.4 is 9.47 Å². The fourth-order valence-corrected chi connectivity index (χ4v) is 1.05. The summed E-state index contributed by atoms with van der Waals surface area (Å²) in [5, 5.41) is 7.08. The average molecular weight is 179 g/mol. The predicted molar refractivity (Wildman–Crippen MR) is 52.0 cm³/mol. The standard InChI is InChI=1S/C10H13NO2/c1-3-13-10-6-8(7-11)4-5-9(10)12-2/h4-7,11H,3H2,1-2H3. The van der Waals surface area contributed by atoms with Gasteiger partial charge >= 0.3 is 0 Å². The van der Waals surface area contributed by atoms with Crippen molar-refractivity contribution in [3.8, 4) is 11.5 Å². The van der Waals surface area contributed by atoms with Crippen molar-refractivity contribution in [1.82, 2.24) is 0 Å². The Morgan fingerprint density at radius 3 is 2.69 bits per heavy atom. The van der Waals surface area contributed by atoms with E-state index in [-0.39, 0.29) is 0 Å². The van der Waals surface area contributed by atoms with Crippen molar-refractivity contribution in [3.63, 3.8) is 0 Å². The fourth-order valence-electron chi connectivity index (χ4n) is 1.05. The van der Waals surface area contributed by atoms with Gasteiger partial charge in [-0.3, -0.25) is 0 Å². The molecule has 1 aromatic rings. The Morgan fingerprint density at radius 2 is 2.15 bits per heavy atom. The molecule has 0 heterocycles. The first kappa shape index (κ1) is 9.58. The summed E-state index contributed by atoms with van der Waals surface area (Å²) < 4.78 is 10.4. The molecular weight excluding hydrogens is 166 g/mol. The van der Waals surface area contributed by atoms with Crippen LogP contribution in [0.3, 0.4) is 0 Å². The van der Waals surface area contributed by atoms with Crippen molar-refractivity contribution in [1.29, 1.82) is 5.41 Å². The van der Waals surface area contributed by atoms with Gasteiger partial charge in [-0.15, -0.1) is 0 Å². The Kier molecular flexibility index (Phi) is 3.31. The highest BCUT2D eigenvalue weighted by atomic mass is 16.5. The zero-order valence-corrected chi connectivity index (χ0v) is 7.83. The second-order valence-electron chi connectivity index (χ2n) is 2.49. The van der Waals surface area contributed by atoms with E-state index in [2.05, 4.69) is 0 Å². The third kappa shape index (κ3) is 2.21. The number of rotatable bonds is 4. The zero-order chi connectivity index (χ0) is 9.68. The minimum absolute atomic E-state index is 0.595. The van der Waals surface area contributed by atoms with E-state index in [1.165, 1.54) is 6.21 Å². The third-order valence-electron chi connectivity index (χ3n) is 1.65. The molecule has 0 unspecified atom stereocenters. The van der Waals surface area contributed by atoms with Gasteiger partial charge in [0.1, 0.15) is 0 Å². The predicted octanol–water partition coefficient (Wildman–Crippen LogP) is 2.09. The van der Waals surface area contributed by atoms with E-state index in [0.29, 0.717) is 18.1 Å². The lowest BCUT2D eigenvalue weighted by atomic mass is 10.2. The van der Waals surface area contributed by atoms with E-state index in [1.807, 2.05) is 13.0 Å². The molecule has 3 heteroatoms. The highest BCUT2D eigenvalue weighted by Gasteiger charge is 2.03. The fraction of sp³-hybridized carbons (Fsp3) is 0.300. The quantitative estimate of drug-likeness (QED) is 0.719. The van der Waals surface area contributed by atoms with Gasteiger partial charge in [0, 0.05) is 6.21 Å². The summed E-state index contributed by atoms with van der Waals surface area (Å²) in [6.07, 6.45) is 1.28. The van der Waals surface area contributed by atoms with Crippen LogP contribution in [0.15, 0.2) is 18.2 Å². The molecule has 0 saturated heterocycles. The molecule has 0 aliphatic heterocycles. The molecule has 0 aliphatic carbocycles.